The van der Waals surface area contributed by atoms with Crippen LogP contribution in [-0.4, -0.2) is 17.5 Å². The Hall–Kier alpha value is -3.43. The summed E-state index contributed by atoms with van der Waals surface area (Å²) in [6, 6.07) is 14.6. The maximum absolute atomic E-state index is 12.5. The van der Waals surface area contributed by atoms with Crippen molar-refractivity contribution in [2.45, 2.75) is 20.1 Å². The number of thiazole rings is 1. The zero-order valence-corrected chi connectivity index (χ0v) is 18.8. The summed E-state index contributed by atoms with van der Waals surface area (Å²) in [6.45, 7) is -0.842. The van der Waals surface area contributed by atoms with Crippen molar-refractivity contribution in [1.82, 2.24) is 4.98 Å². The molecule has 6 nitrogen and oxygen atoms in total. The smallest absolute Gasteiger partial charge is 0.387 e. The maximum atomic E-state index is 12.5. The molecule has 0 aliphatic carbocycles. The summed E-state index contributed by atoms with van der Waals surface area (Å²) >= 11 is 7.17. The summed E-state index contributed by atoms with van der Waals surface area (Å²) in [7, 11) is 0. The number of hydrogen-bond acceptors (Lipinski definition) is 6. The minimum absolute atomic E-state index is 0.0568. The summed E-state index contributed by atoms with van der Waals surface area (Å²) in [5.41, 5.74) is 2.18. The first-order valence-electron chi connectivity index (χ1n) is 9.67. The summed E-state index contributed by atoms with van der Waals surface area (Å²) in [4.78, 5) is 16.9. The predicted octanol–water partition coefficient (Wildman–Crippen LogP) is 6.80. The highest BCUT2D eigenvalue weighted by atomic mass is 35.5. The lowest BCUT2D eigenvalue weighted by Crippen LogP contribution is -2.10. The SMILES string of the molecule is Cc1cc(Cl)ccc1OCc1ccc(C(=O)Nc2nc(-c3ccc(OC(F)F)cc3)cs2)o1. The van der Waals surface area contributed by atoms with Gasteiger partial charge in [-0.05, 0) is 67.1 Å². The van der Waals surface area contributed by atoms with Gasteiger partial charge in [0.1, 0.15) is 23.9 Å². The fraction of sp³-hybridized carbons (Fsp3) is 0.130. The number of benzene rings is 2. The number of aromatic nitrogens is 1. The molecule has 2 aromatic carbocycles. The number of ether oxygens (including phenoxy) is 2. The van der Waals surface area contributed by atoms with E-state index in [2.05, 4.69) is 15.0 Å². The van der Waals surface area contributed by atoms with Crippen LogP contribution in [0.5, 0.6) is 11.5 Å². The second kappa shape index (κ2) is 10.0. The molecule has 0 saturated heterocycles. The van der Waals surface area contributed by atoms with Gasteiger partial charge in [-0.2, -0.15) is 8.78 Å². The van der Waals surface area contributed by atoms with Crippen LogP contribution < -0.4 is 14.8 Å². The maximum Gasteiger partial charge on any atom is 0.387 e. The molecule has 0 fully saturated rings. The van der Waals surface area contributed by atoms with Gasteiger partial charge in [-0.15, -0.1) is 11.3 Å². The average Bonchev–Trinajstić information content (AvgIpc) is 3.43. The Bertz CT molecular complexity index is 1260. The van der Waals surface area contributed by atoms with Crippen LogP contribution in [0.1, 0.15) is 21.9 Å². The lowest BCUT2D eigenvalue weighted by molar-refractivity contribution is -0.0498. The molecular weight excluding hydrogens is 474 g/mol. The van der Waals surface area contributed by atoms with Crippen molar-refractivity contribution in [2.24, 2.45) is 0 Å². The second-order valence-electron chi connectivity index (χ2n) is 6.86. The predicted molar refractivity (Wildman–Crippen MR) is 121 cm³/mol. The number of furan rings is 1. The standard InChI is InChI=1S/C23H17ClF2N2O4S/c1-13-10-15(24)4-8-19(13)30-11-17-7-9-20(31-17)21(29)28-23-27-18(12-33-23)14-2-5-16(6-3-14)32-22(25)26/h2-10,12,22H,11H2,1H3,(H,27,28,29). The molecule has 10 heteroatoms. The van der Waals surface area contributed by atoms with Crippen LogP contribution in [0, 0.1) is 6.92 Å². The van der Waals surface area contributed by atoms with Crippen molar-refractivity contribution in [3.8, 4) is 22.8 Å². The molecule has 4 aromatic rings. The number of nitrogens with zero attached hydrogens (tertiary/aromatic N) is 1. The van der Waals surface area contributed by atoms with E-state index in [0.29, 0.717) is 32.9 Å². The molecule has 0 aliphatic rings. The summed E-state index contributed by atoms with van der Waals surface area (Å²) in [5, 5.41) is 5.42. The molecule has 0 bridgehead atoms. The molecule has 0 saturated carbocycles. The van der Waals surface area contributed by atoms with Crippen LogP contribution in [0.2, 0.25) is 5.02 Å². The third kappa shape index (κ3) is 5.88. The Morgan fingerprint density at radius 3 is 2.70 bits per heavy atom. The van der Waals surface area contributed by atoms with E-state index in [0.717, 1.165) is 5.56 Å². The monoisotopic (exact) mass is 490 g/mol. The van der Waals surface area contributed by atoms with Gasteiger partial charge in [-0.25, -0.2) is 4.98 Å². The number of nitrogens with one attached hydrogen (secondary N) is 1. The molecule has 2 heterocycles. The van der Waals surface area contributed by atoms with Crippen molar-refractivity contribution >= 4 is 34.0 Å². The van der Waals surface area contributed by atoms with E-state index < -0.39 is 12.5 Å². The highest BCUT2D eigenvalue weighted by Crippen LogP contribution is 2.28. The number of carbonyl (C=O) groups excluding carboxylic acids is 1. The molecule has 0 unspecified atom stereocenters. The summed E-state index contributed by atoms with van der Waals surface area (Å²) in [5.74, 6) is 0.880. The van der Waals surface area contributed by atoms with Crippen molar-refractivity contribution in [3.63, 3.8) is 0 Å². The molecule has 0 aliphatic heterocycles. The largest absolute Gasteiger partial charge is 0.485 e. The second-order valence-corrected chi connectivity index (χ2v) is 8.15. The summed E-state index contributed by atoms with van der Waals surface area (Å²) < 4.78 is 40.2. The van der Waals surface area contributed by atoms with Gasteiger partial charge < -0.3 is 13.9 Å². The van der Waals surface area contributed by atoms with E-state index in [1.54, 1.807) is 47.8 Å². The van der Waals surface area contributed by atoms with Crippen molar-refractivity contribution in [3.05, 3.63) is 82.1 Å². The lowest BCUT2D eigenvalue weighted by atomic mass is 10.2. The first kappa shape index (κ1) is 22.8. The number of rotatable bonds is 8. The minimum Gasteiger partial charge on any atom is -0.485 e. The Balaban J connectivity index is 1.35. The van der Waals surface area contributed by atoms with Gasteiger partial charge in [0.05, 0.1) is 5.69 Å². The molecule has 4 rings (SSSR count). The van der Waals surface area contributed by atoms with Crippen molar-refractivity contribution < 1.29 is 27.5 Å². The van der Waals surface area contributed by atoms with Crippen molar-refractivity contribution in [1.29, 1.82) is 0 Å². The van der Waals surface area contributed by atoms with E-state index in [4.69, 9.17) is 20.8 Å². The normalized spacial score (nSPS) is 10.9. The van der Waals surface area contributed by atoms with Gasteiger partial charge in [-0.1, -0.05) is 11.6 Å². The van der Waals surface area contributed by atoms with Gasteiger partial charge >= 0.3 is 6.61 Å². The van der Waals surface area contributed by atoms with E-state index in [-0.39, 0.29) is 18.1 Å². The van der Waals surface area contributed by atoms with Crippen LogP contribution in [0.25, 0.3) is 11.3 Å². The molecule has 33 heavy (non-hydrogen) atoms. The van der Waals surface area contributed by atoms with Gasteiger partial charge in [0.15, 0.2) is 10.9 Å². The Kier molecular flexibility index (Phi) is 6.90. The Labute approximate surface area is 196 Å². The zero-order chi connectivity index (χ0) is 23.4. The highest BCUT2D eigenvalue weighted by molar-refractivity contribution is 7.14. The Morgan fingerprint density at radius 1 is 1.18 bits per heavy atom. The van der Waals surface area contributed by atoms with E-state index in [9.17, 15) is 13.6 Å². The number of carbonyl (C=O) groups is 1. The molecule has 170 valence electrons. The molecule has 1 N–H and O–H groups in total. The topological polar surface area (TPSA) is 73.6 Å². The fourth-order valence-electron chi connectivity index (χ4n) is 2.93. The number of aryl methyl sites for hydroxylation is 1. The van der Waals surface area contributed by atoms with E-state index >= 15 is 0 Å². The van der Waals surface area contributed by atoms with Gasteiger partial charge in [0, 0.05) is 16.0 Å². The zero-order valence-electron chi connectivity index (χ0n) is 17.2. The quantitative estimate of drug-likeness (QED) is 0.294. The van der Waals surface area contributed by atoms with Crippen molar-refractivity contribution in [2.75, 3.05) is 5.32 Å². The van der Waals surface area contributed by atoms with Crippen LogP contribution in [0.3, 0.4) is 0 Å². The molecule has 1 amide bonds. The third-order valence-corrected chi connectivity index (χ3v) is 5.49. The molecule has 2 aromatic heterocycles. The van der Waals surface area contributed by atoms with Gasteiger partial charge in [-0.3, -0.25) is 10.1 Å². The van der Waals surface area contributed by atoms with Crippen LogP contribution in [-0.2, 0) is 6.61 Å². The molecular formula is C23H17ClF2N2O4S. The number of anilines is 1. The minimum atomic E-state index is -2.88. The van der Waals surface area contributed by atoms with E-state index in [1.807, 2.05) is 6.92 Å². The van der Waals surface area contributed by atoms with Crippen LogP contribution in [0.15, 0.2) is 64.4 Å². The lowest BCUT2D eigenvalue weighted by Gasteiger charge is -2.07. The number of amides is 1. The molecule has 0 atom stereocenters. The van der Waals surface area contributed by atoms with Crippen LogP contribution >= 0.6 is 22.9 Å². The third-order valence-electron chi connectivity index (χ3n) is 4.49. The number of halogens is 3. The van der Waals surface area contributed by atoms with E-state index in [1.165, 1.54) is 23.5 Å². The highest BCUT2D eigenvalue weighted by Gasteiger charge is 2.15. The fourth-order valence-corrected chi connectivity index (χ4v) is 3.87. The van der Waals surface area contributed by atoms with Gasteiger partial charge in [0.2, 0.25) is 0 Å². The first-order chi connectivity index (χ1) is 15.9. The average molecular weight is 491 g/mol. The number of alkyl halides is 2. The Morgan fingerprint density at radius 2 is 1.97 bits per heavy atom. The van der Waals surface area contributed by atoms with Crippen LogP contribution in [0.4, 0.5) is 13.9 Å². The molecule has 0 spiro atoms. The molecule has 0 radical (unpaired) electrons. The first-order valence-corrected chi connectivity index (χ1v) is 10.9. The summed E-state index contributed by atoms with van der Waals surface area (Å²) in [6.07, 6.45) is 0. The van der Waals surface area contributed by atoms with Gasteiger partial charge in [0.25, 0.3) is 5.91 Å². The number of hydrogen-bond donors (Lipinski definition) is 1.